The molecule has 4 rings (SSSR count). The molecule has 10 heteroatoms. The molecule has 9 nitrogen and oxygen atoms in total. The highest BCUT2D eigenvalue weighted by atomic mass is 79.9. The van der Waals surface area contributed by atoms with E-state index in [0.717, 1.165) is 10.0 Å². The quantitative estimate of drug-likeness (QED) is 0.481. The Morgan fingerprint density at radius 1 is 0.933 bits per heavy atom. The molecule has 1 aromatic carbocycles. The van der Waals surface area contributed by atoms with Gasteiger partial charge in [0.15, 0.2) is 0 Å². The zero-order chi connectivity index (χ0) is 20.9. The van der Waals surface area contributed by atoms with Crippen LogP contribution in [0.15, 0.2) is 28.7 Å². The van der Waals surface area contributed by atoms with Crippen LogP contribution in [0, 0.1) is 10.1 Å². The van der Waals surface area contributed by atoms with E-state index in [1.807, 2.05) is 40.1 Å². The Bertz CT molecular complexity index is 926. The van der Waals surface area contributed by atoms with Gasteiger partial charge in [-0.05, 0) is 23.8 Å². The van der Waals surface area contributed by atoms with Crippen molar-refractivity contribution in [2.24, 2.45) is 0 Å². The molecule has 30 heavy (non-hydrogen) atoms. The maximum absolute atomic E-state index is 12.0. The standard InChI is InChI=1S/C20H22BrN5O4/c21-16-4-1-15(2-5-16)3-6-17-18(26(27)28)19(24-7-11-29-12-8-24)23-20(22-17)25-9-13-30-14-10-25/h1-6H,7-14H2. The topological polar surface area (TPSA) is 93.9 Å². The van der Waals surface area contributed by atoms with Gasteiger partial charge in [0.2, 0.25) is 11.8 Å². The Morgan fingerprint density at radius 3 is 2.13 bits per heavy atom. The van der Waals surface area contributed by atoms with Crippen molar-refractivity contribution in [3.05, 3.63) is 50.1 Å². The third-order valence-corrected chi connectivity index (χ3v) is 5.50. The van der Waals surface area contributed by atoms with Gasteiger partial charge in [0.25, 0.3) is 0 Å². The van der Waals surface area contributed by atoms with Crippen LogP contribution in [-0.2, 0) is 9.47 Å². The van der Waals surface area contributed by atoms with Crippen LogP contribution in [0.2, 0.25) is 0 Å². The molecule has 2 aliphatic heterocycles. The summed E-state index contributed by atoms with van der Waals surface area (Å²) in [6, 6.07) is 7.71. The van der Waals surface area contributed by atoms with Crippen LogP contribution < -0.4 is 9.80 Å². The number of benzene rings is 1. The van der Waals surface area contributed by atoms with E-state index in [1.54, 1.807) is 6.08 Å². The van der Waals surface area contributed by atoms with Crippen molar-refractivity contribution in [2.75, 3.05) is 62.4 Å². The van der Waals surface area contributed by atoms with Crippen LogP contribution in [0.3, 0.4) is 0 Å². The summed E-state index contributed by atoms with van der Waals surface area (Å²) >= 11 is 3.41. The van der Waals surface area contributed by atoms with E-state index in [1.165, 1.54) is 0 Å². The van der Waals surface area contributed by atoms with Gasteiger partial charge >= 0.3 is 5.69 Å². The number of nitrogens with zero attached hydrogens (tertiary/aromatic N) is 5. The molecule has 0 atom stereocenters. The van der Waals surface area contributed by atoms with Crippen LogP contribution in [0.5, 0.6) is 0 Å². The summed E-state index contributed by atoms with van der Waals surface area (Å²) in [5.41, 5.74) is 1.13. The van der Waals surface area contributed by atoms with Gasteiger partial charge in [-0.1, -0.05) is 34.1 Å². The summed E-state index contributed by atoms with van der Waals surface area (Å²) in [6.45, 7) is 4.59. The Morgan fingerprint density at radius 2 is 1.53 bits per heavy atom. The lowest BCUT2D eigenvalue weighted by atomic mass is 10.2. The maximum atomic E-state index is 12.0. The van der Waals surface area contributed by atoms with Crippen LogP contribution in [-0.4, -0.2) is 67.5 Å². The zero-order valence-electron chi connectivity index (χ0n) is 16.4. The van der Waals surface area contributed by atoms with Gasteiger partial charge in [-0.25, -0.2) is 4.98 Å². The highest BCUT2D eigenvalue weighted by Crippen LogP contribution is 2.33. The van der Waals surface area contributed by atoms with Crippen molar-refractivity contribution in [3.63, 3.8) is 0 Å². The minimum absolute atomic E-state index is 0.0812. The van der Waals surface area contributed by atoms with Gasteiger partial charge in [0, 0.05) is 30.7 Å². The van der Waals surface area contributed by atoms with Crippen LogP contribution in [0.25, 0.3) is 12.2 Å². The highest BCUT2D eigenvalue weighted by Gasteiger charge is 2.30. The average Bonchev–Trinajstić information content (AvgIpc) is 2.79. The summed E-state index contributed by atoms with van der Waals surface area (Å²) < 4.78 is 11.8. The average molecular weight is 476 g/mol. The molecule has 2 aromatic rings. The van der Waals surface area contributed by atoms with E-state index in [9.17, 15) is 10.1 Å². The number of nitro groups is 1. The van der Waals surface area contributed by atoms with Crippen LogP contribution in [0.1, 0.15) is 11.3 Å². The van der Waals surface area contributed by atoms with E-state index < -0.39 is 4.92 Å². The van der Waals surface area contributed by atoms with E-state index in [4.69, 9.17) is 9.47 Å². The van der Waals surface area contributed by atoms with Crippen molar-refractivity contribution in [3.8, 4) is 0 Å². The first kappa shape index (κ1) is 20.7. The second-order valence-corrected chi connectivity index (χ2v) is 7.84. The monoisotopic (exact) mass is 475 g/mol. The van der Waals surface area contributed by atoms with E-state index in [2.05, 4.69) is 25.9 Å². The summed E-state index contributed by atoms with van der Waals surface area (Å²) in [5.74, 6) is 0.830. The number of rotatable bonds is 5. The number of halogens is 1. The molecule has 0 bridgehead atoms. The first-order valence-electron chi connectivity index (χ1n) is 9.77. The summed E-state index contributed by atoms with van der Waals surface area (Å²) in [5, 5.41) is 12.0. The number of anilines is 2. The Labute approximate surface area is 182 Å². The zero-order valence-corrected chi connectivity index (χ0v) is 18.0. The van der Waals surface area contributed by atoms with E-state index in [0.29, 0.717) is 70.1 Å². The van der Waals surface area contributed by atoms with Gasteiger partial charge in [-0.3, -0.25) is 10.1 Å². The minimum atomic E-state index is -0.394. The Balaban J connectivity index is 1.78. The van der Waals surface area contributed by atoms with Crippen molar-refractivity contribution >= 4 is 45.5 Å². The third-order valence-electron chi connectivity index (χ3n) is 4.97. The fourth-order valence-corrected chi connectivity index (χ4v) is 3.65. The molecule has 0 amide bonds. The molecule has 0 radical (unpaired) electrons. The Hall–Kier alpha value is -2.56. The molecule has 2 aliphatic rings. The minimum Gasteiger partial charge on any atom is -0.378 e. The Kier molecular flexibility index (Phi) is 6.56. The second kappa shape index (κ2) is 9.50. The number of aromatic nitrogens is 2. The SMILES string of the molecule is O=[N+]([O-])c1c(C=Cc2ccc(Br)cc2)nc(N2CCOCC2)nc1N1CCOCC1. The van der Waals surface area contributed by atoms with Crippen molar-refractivity contribution < 1.29 is 14.4 Å². The molecule has 3 heterocycles. The molecular formula is C20H22BrN5O4. The second-order valence-electron chi connectivity index (χ2n) is 6.92. The van der Waals surface area contributed by atoms with Crippen molar-refractivity contribution in [1.82, 2.24) is 9.97 Å². The number of hydrogen-bond donors (Lipinski definition) is 0. The van der Waals surface area contributed by atoms with Crippen LogP contribution in [0.4, 0.5) is 17.5 Å². The fraction of sp³-hybridized carbons (Fsp3) is 0.400. The lowest BCUT2D eigenvalue weighted by Crippen LogP contribution is -2.40. The molecule has 0 unspecified atom stereocenters. The molecule has 2 fully saturated rings. The van der Waals surface area contributed by atoms with Gasteiger partial charge in [0.1, 0.15) is 5.69 Å². The highest BCUT2D eigenvalue weighted by molar-refractivity contribution is 9.10. The van der Waals surface area contributed by atoms with Gasteiger partial charge in [-0.15, -0.1) is 0 Å². The molecule has 158 valence electrons. The molecule has 0 spiro atoms. The maximum Gasteiger partial charge on any atom is 0.337 e. The number of ether oxygens (including phenoxy) is 2. The van der Waals surface area contributed by atoms with Crippen molar-refractivity contribution in [1.29, 1.82) is 0 Å². The predicted octanol–water partition coefficient (Wildman–Crippen LogP) is 2.99. The van der Waals surface area contributed by atoms with Gasteiger partial charge < -0.3 is 19.3 Å². The van der Waals surface area contributed by atoms with E-state index in [-0.39, 0.29) is 5.69 Å². The molecular weight excluding hydrogens is 454 g/mol. The van der Waals surface area contributed by atoms with Gasteiger partial charge in [-0.2, -0.15) is 4.98 Å². The molecule has 2 saturated heterocycles. The molecule has 0 saturated carbocycles. The largest absolute Gasteiger partial charge is 0.378 e. The first-order valence-corrected chi connectivity index (χ1v) is 10.6. The van der Waals surface area contributed by atoms with E-state index >= 15 is 0 Å². The normalized spacial score (nSPS) is 17.5. The molecule has 1 aromatic heterocycles. The lowest BCUT2D eigenvalue weighted by molar-refractivity contribution is -0.384. The van der Waals surface area contributed by atoms with Crippen LogP contribution >= 0.6 is 15.9 Å². The summed E-state index contributed by atoms with van der Waals surface area (Å²) in [7, 11) is 0. The summed E-state index contributed by atoms with van der Waals surface area (Å²) in [6.07, 6.45) is 3.52. The number of morpholine rings is 2. The third kappa shape index (κ3) is 4.77. The predicted molar refractivity (Wildman–Crippen MR) is 118 cm³/mol. The lowest BCUT2D eigenvalue weighted by Gasteiger charge is -2.30. The smallest absolute Gasteiger partial charge is 0.337 e. The van der Waals surface area contributed by atoms with Gasteiger partial charge in [0.05, 0.1) is 31.4 Å². The summed E-state index contributed by atoms with van der Waals surface area (Å²) in [4.78, 5) is 24.7. The molecule has 0 aliphatic carbocycles. The number of hydrogen-bond acceptors (Lipinski definition) is 8. The first-order chi connectivity index (χ1) is 14.6. The molecule has 0 N–H and O–H groups in total. The fourth-order valence-electron chi connectivity index (χ4n) is 3.39. The van der Waals surface area contributed by atoms with Crippen molar-refractivity contribution in [2.45, 2.75) is 0 Å².